The van der Waals surface area contributed by atoms with Crippen LogP contribution in [0.4, 0.5) is 0 Å². The van der Waals surface area contributed by atoms with Gasteiger partial charge in [-0.05, 0) is 30.2 Å². The van der Waals surface area contributed by atoms with Gasteiger partial charge in [0.2, 0.25) is 0 Å². The van der Waals surface area contributed by atoms with Gasteiger partial charge in [0, 0.05) is 10.6 Å². The predicted molar refractivity (Wildman–Crippen MR) is 86.3 cm³/mol. The molecular formula is C17H17NO3S. The molecule has 1 atom stereocenters. The van der Waals surface area contributed by atoms with Gasteiger partial charge in [0.25, 0.3) is 5.91 Å². The number of nitrogens with one attached hydrogen (secondary N) is 1. The summed E-state index contributed by atoms with van der Waals surface area (Å²) in [5, 5.41) is 12.6. The minimum absolute atomic E-state index is 0.0259. The molecule has 114 valence electrons. The molecule has 0 spiro atoms. The van der Waals surface area contributed by atoms with Crippen LogP contribution in [0.2, 0.25) is 0 Å². The number of rotatable bonds is 4. The Hall–Kier alpha value is -2.14. The number of carbonyl (C=O) groups excluding carboxylic acids is 1. The minimum atomic E-state index is -0.185. The summed E-state index contributed by atoms with van der Waals surface area (Å²) in [6.45, 7) is -0.108. The molecule has 1 heterocycles. The highest BCUT2D eigenvalue weighted by molar-refractivity contribution is 7.99. The number of para-hydroxylation sites is 2. The van der Waals surface area contributed by atoms with E-state index in [1.54, 1.807) is 18.2 Å². The number of fused-ring (bicyclic) bond motifs is 1. The van der Waals surface area contributed by atoms with Gasteiger partial charge in [-0.2, -0.15) is 0 Å². The van der Waals surface area contributed by atoms with Crippen LogP contribution < -0.4 is 10.1 Å². The Morgan fingerprint density at radius 1 is 1.23 bits per heavy atom. The smallest absolute Gasteiger partial charge is 0.258 e. The summed E-state index contributed by atoms with van der Waals surface area (Å²) >= 11 is 1.82. The van der Waals surface area contributed by atoms with Crippen molar-refractivity contribution in [1.29, 1.82) is 0 Å². The van der Waals surface area contributed by atoms with Crippen LogP contribution in [0.1, 0.15) is 18.0 Å². The zero-order valence-corrected chi connectivity index (χ0v) is 12.8. The van der Waals surface area contributed by atoms with Gasteiger partial charge >= 0.3 is 0 Å². The molecular weight excluding hydrogens is 298 g/mol. The Balaban J connectivity index is 1.60. The Kier molecular flexibility index (Phi) is 4.53. The molecule has 1 aliphatic heterocycles. The molecule has 0 saturated carbocycles. The molecule has 1 unspecified atom stereocenters. The monoisotopic (exact) mass is 315 g/mol. The fourth-order valence-corrected chi connectivity index (χ4v) is 3.58. The van der Waals surface area contributed by atoms with Gasteiger partial charge in [0.15, 0.2) is 18.1 Å². The van der Waals surface area contributed by atoms with E-state index in [2.05, 4.69) is 17.4 Å². The fourth-order valence-electron chi connectivity index (χ4n) is 2.45. The second-order valence-electron chi connectivity index (χ2n) is 5.05. The van der Waals surface area contributed by atoms with Crippen molar-refractivity contribution in [3.05, 3.63) is 54.1 Å². The molecule has 0 fully saturated rings. The number of hydrogen-bond acceptors (Lipinski definition) is 4. The van der Waals surface area contributed by atoms with Crippen LogP contribution in [0, 0.1) is 0 Å². The van der Waals surface area contributed by atoms with Gasteiger partial charge in [-0.1, -0.05) is 30.3 Å². The van der Waals surface area contributed by atoms with Crippen molar-refractivity contribution in [2.45, 2.75) is 17.4 Å². The maximum absolute atomic E-state index is 12.1. The molecule has 22 heavy (non-hydrogen) atoms. The third-order valence-electron chi connectivity index (χ3n) is 3.52. The summed E-state index contributed by atoms with van der Waals surface area (Å²) < 4.78 is 5.36. The molecule has 2 aromatic rings. The molecule has 5 heteroatoms. The first-order valence-corrected chi connectivity index (χ1v) is 8.14. The normalized spacial score (nSPS) is 16.6. The van der Waals surface area contributed by atoms with Crippen LogP contribution in [0.3, 0.4) is 0 Å². The first-order valence-electron chi connectivity index (χ1n) is 7.16. The lowest BCUT2D eigenvalue weighted by molar-refractivity contribution is -0.123. The van der Waals surface area contributed by atoms with E-state index in [4.69, 9.17) is 4.74 Å². The van der Waals surface area contributed by atoms with Crippen LogP contribution >= 0.6 is 11.8 Å². The Morgan fingerprint density at radius 3 is 2.86 bits per heavy atom. The number of hydrogen-bond donors (Lipinski definition) is 2. The summed E-state index contributed by atoms with van der Waals surface area (Å²) in [7, 11) is 0. The van der Waals surface area contributed by atoms with Crippen LogP contribution in [0.25, 0.3) is 0 Å². The highest BCUT2D eigenvalue weighted by Crippen LogP contribution is 2.35. The number of amides is 1. The molecule has 0 aliphatic carbocycles. The van der Waals surface area contributed by atoms with Crippen molar-refractivity contribution in [3.63, 3.8) is 0 Å². The molecule has 0 bridgehead atoms. The van der Waals surface area contributed by atoms with Crippen molar-refractivity contribution in [2.75, 3.05) is 12.4 Å². The van der Waals surface area contributed by atoms with Crippen LogP contribution in [0.5, 0.6) is 11.5 Å². The number of thioether (sulfide) groups is 1. The van der Waals surface area contributed by atoms with Crippen molar-refractivity contribution >= 4 is 17.7 Å². The predicted octanol–water partition coefficient (Wildman–Crippen LogP) is 3.12. The lowest BCUT2D eigenvalue weighted by Gasteiger charge is -2.25. The summed E-state index contributed by atoms with van der Waals surface area (Å²) in [6.07, 6.45) is 0.907. The van der Waals surface area contributed by atoms with Crippen LogP contribution in [-0.4, -0.2) is 23.4 Å². The summed E-state index contributed by atoms with van der Waals surface area (Å²) in [5.41, 5.74) is 1.16. The summed E-state index contributed by atoms with van der Waals surface area (Å²) in [6, 6.07) is 14.8. The van der Waals surface area contributed by atoms with Gasteiger partial charge < -0.3 is 15.2 Å². The van der Waals surface area contributed by atoms with Crippen molar-refractivity contribution in [1.82, 2.24) is 5.32 Å². The van der Waals surface area contributed by atoms with Crippen molar-refractivity contribution in [3.8, 4) is 11.5 Å². The van der Waals surface area contributed by atoms with Gasteiger partial charge in [0.1, 0.15) is 0 Å². The maximum Gasteiger partial charge on any atom is 0.258 e. The van der Waals surface area contributed by atoms with Crippen molar-refractivity contribution < 1.29 is 14.6 Å². The van der Waals surface area contributed by atoms with E-state index in [0.717, 1.165) is 17.7 Å². The van der Waals surface area contributed by atoms with Crippen molar-refractivity contribution in [2.24, 2.45) is 0 Å². The van der Waals surface area contributed by atoms with E-state index >= 15 is 0 Å². The number of phenolic OH excluding ortho intramolecular Hbond substituents is 1. The second kappa shape index (κ2) is 6.75. The van der Waals surface area contributed by atoms with Gasteiger partial charge in [-0.25, -0.2) is 0 Å². The number of aromatic hydroxyl groups is 1. The molecule has 2 aromatic carbocycles. The quantitative estimate of drug-likeness (QED) is 0.910. The van der Waals surface area contributed by atoms with Gasteiger partial charge in [0.05, 0.1) is 6.04 Å². The Morgan fingerprint density at radius 2 is 2.00 bits per heavy atom. The van der Waals surface area contributed by atoms with E-state index in [1.165, 1.54) is 11.0 Å². The molecule has 0 saturated heterocycles. The van der Waals surface area contributed by atoms with E-state index in [-0.39, 0.29) is 24.3 Å². The largest absolute Gasteiger partial charge is 0.504 e. The lowest BCUT2D eigenvalue weighted by Crippen LogP contribution is -2.34. The molecule has 1 amide bonds. The first kappa shape index (κ1) is 14.8. The zero-order valence-electron chi connectivity index (χ0n) is 12.0. The number of ether oxygens (including phenoxy) is 1. The number of benzene rings is 2. The van der Waals surface area contributed by atoms with E-state index in [1.807, 2.05) is 23.9 Å². The molecule has 2 N–H and O–H groups in total. The topological polar surface area (TPSA) is 58.6 Å². The highest BCUT2D eigenvalue weighted by atomic mass is 32.2. The third kappa shape index (κ3) is 3.36. The van der Waals surface area contributed by atoms with Gasteiger partial charge in [-0.15, -0.1) is 11.8 Å². The SMILES string of the molecule is O=C(COc1ccccc1O)NC1CCSc2ccccc21. The molecule has 0 aromatic heterocycles. The van der Waals surface area contributed by atoms with E-state index in [0.29, 0.717) is 5.75 Å². The zero-order chi connectivity index (χ0) is 15.4. The molecule has 3 rings (SSSR count). The second-order valence-corrected chi connectivity index (χ2v) is 6.19. The maximum atomic E-state index is 12.1. The minimum Gasteiger partial charge on any atom is -0.504 e. The van der Waals surface area contributed by atoms with E-state index < -0.39 is 0 Å². The molecule has 4 nitrogen and oxygen atoms in total. The van der Waals surface area contributed by atoms with Crippen LogP contribution in [0.15, 0.2) is 53.4 Å². The summed E-state index contributed by atoms with van der Waals surface area (Å²) in [5.74, 6) is 1.16. The standard InChI is InChI=1S/C17H17NO3S/c19-14-6-2-3-7-15(14)21-11-17(20)18-13-9-10-22-16-8-4-1-5-12(13)16/h1-8,13,19H,9-11H2,(H,18,20). The Bertz CT molecular complexity index is 674. The van der Waals surface area contributed by atoms with Gasteiger partial charge in [-0.3, -0.25) is 4.79 Å². The summed E-state index contributed by atoms with van der Waals surface area (Å²) in [4.78, 5) is 13.3. The lowest BCUT2D eigenvalue weighted by atomic mass is 10.0. The third-order valence-corrected chi connectivity index (χ3v) is 4.64. The Labute approximate surface area is 133 Å². The number of phenols is 1. The first-order chi connectivity index (χ1) is 10.7. The molecule has 0 radical (unpaired) electrons. The van der Waals surface area contributed by atoms with Crippen LogP contribution in [-0.2, 0) is 4.79 Å². The highest BCUT2D eigenvalue weighted by Gasteiger charge is 2.22. The average molecular weight is 315 g/mol. The average Bonchev–Trinajstić information content (AvgIpc) is 2.54. The molecule has 1 aliphatic rings. The van der Waals surface area contributed by atoms with E-state index in [9.17, 15) is 9.90 Å². The number of carbonyl (C=O) groups is 1. The fraction of sp³-hybridized carbons (Fsp3) is 0.235.